The Labute approximate surface area is 97.6 Å². The number of nitriles is 1. The Morgan fingerprint density at radius 1 is 1.47 bits per heavy atom. The van der Waals surface area contributed by atoms with Gasteiger partial charge in [-0.05, 0) is 18.2 Å². The van der Waals surface area contributed by atoms with Gasteiger partial charge in [0.15, 0.2) is 6.61 Å². The van der Waals surface area contributed by atoms with Gasteiger partial charge in [-0.25, -0.2) is 0 Å². The number of benzene rings is 1. The van der Waals surface area contributed by atoms with E-state index in [1.165, 1.54) is 0 Å². The van der Waals surface area contributed by atoms with Crippen molar-refractivity contribution in [3.8, 4) is 11.8 Å². The van der Waals surface area contributed by atoms with E-state index in [-0.39, 0.29) is 13.2 Å². The van der Waals surface area contributed by atoms with Crippen LogP contribution in [0.5, 0.6) is 5.75 Å². The summed E-state index contributed by atoms with van der Waals surface area (Å²) in [5.41, 5.74) is 5.88. The molecule has 0 bridgehead atoms. The molecule has 0 amide bonds. The van der Waals surface area contributed by atoms with Crippen molar-refractivity contribution in [1.82, 2.24) is 10.1 Å². The Balaban J connectivity index is 1.99. The Kier molecular flexibility index (Phi) is 3.33. The van der Waals surface area contributed by atoms with Crippen LogP contribution in [0.2, 0.25) is 0 Å². The van der Waals surface area contributed by atoms with Crippen molar-refractivity contribution < 1.29 is 9.26 Å². The van der Waals surface area contributed by atoms with E-state index >= 15 is 0 Å². The lowest BCUT2D eigenvalue weighted by Crippen LogP contribution is -1.99. The first-order chi connectivity index (χ1) is 8.31. The molecular formula is C11H10N4O2. The zero-order chi connectivity index (χ0) is 12.1. The van der Waals surface area contributed by atoms with Gasteiger partial charge >= 0.3 is 0 Å². The third-order valence-electron chi connectivity index (χ3n) is 2.02. The molecule has 2 rings (SSSR count). The van der Waals surface area contributed by atoms with E-state index in [4.69, 9.17) is 20.3 Å². The molecule has 86 valence electrons. The molecule has 6 heteroatoms. The van der Waals surface area contributed by atoms with E-state index in [0.717, 1.165) is 0 Å². The van der Waals surface area contributed by atoms with Gasteiger partial charge in [0.2, 0.25) is 11.7 Å². The first kappa shape index (κ1) is 11.1. The zero-order valence-corrected chi connectivity index (χ0v) is 8.96. The summed E-state index contributed by atoms with van der Waals surface area (Å²) in [6, 6.07) is 8.88. The number of hydrogen-bond donors (Lipinski definition) is 1. The molecule has 0 unspecified atom stereocenters. The van der Waals surface area contributed by atoms with E-state index < -0.39 is 0 Å². The molecule has 1 heterocycles. The molecule has 17 heavy (non-hydrogen) atoms. The summed E-state index contributed by atoms with van der Waals surface area (Å²) in [5.74, 6) is 1.38. The van der Waals surface area contributed by atoms with Crippen LogP contribution in [0.15, 0.2) is 28.8 Å². The lowest BCUT2D eigenvalue weighted by Gasteiger charge is -2.02. The first-order valence-electron chi connectivity index (χ1n) is 4.96. The summed E-state index contributed by atoms with van der Waals surface area (Å²) in [7, 11) is 0. The fraction of sp³-hybridized carbons (Fsp3) is 0.182. The standard InChI is InChI=1S/C11H10N4O2/c12-5-8-2-1-3-9(4-8)16-7-10-14-11(6-13)17-15-10/h1-4H,6-7,13H2. The minimum absolute atomic E-state index is 0.179. The van der Waals surface area contributed by atoms with Gasteiger partial charge in [-0.1, -0.05) is 11.2 Å². The number of nitrogens with two attached hydrogens (primary N) is 1. The van der Waals surface area contributed by atoms with Gasteiger partial charge in [0.25, 0.3) is 0 Å². The molecule has 0 saturated carbocycles. The van der Waals surface area contributed by atoms with Gasteiger partial charge in [-0.15, -0.1) is 0 Å². The molecule has 0 aliphatic carbocycles. The number of aromatic nitrogens is 2. The number of ether oxygens (including phenoxy) is 1. The van der Waals surface area contributed by atoms with Crippen LogP contribution in [0.25, 0.3) is 0 Å². The van der Waals surface area contributed by atoms with Crippen molar-refractivity contribution in [1.29, 1.82) is 5.26 Å². The van der Waals surface area contributed by atoms with Gasteiger partial charge in [0, 0.05) is 0 Å². The molecule has 0 aliphatic rings. The highest BCUT2D eigenvalue weighted by Crippen LogP contribution is 2.13. The topological polar surface area (TPSA) is 98.0 Å². The molecule has 0 saturated heterocycles. The number of nitrogens with zero attached hydrogens (tertiary/aromatic N) is 3. The fourth-order valence-electron chi connectivity index (χ4n) is 1.23. The SMILES string of the molecule is N#Cc1cccc(OCc2noc(CN)n2)c1. The number of hydrogen-bond acceptors (Lipinski definition) is 6. The fourth-order valence-corrected chi connectivity index (χ4v) is 1.23. The molecule has 0 atom stereocenters. The van der Waals surface area contributed by atoms with Crippen LogP contribution in [0.3, 0.4) is 0 Å². The van der Waals surface area contributed by atoms with E-state index in [9.17, 15) is 0 Å². The molecule has 1 aromatic heterocycles. The summed E-state index contributed by atoms with van der Waals surface area (Å²) in [4.78, 5) is 3.99. The smallest absolute Gasteiger partial charge is 0.240 e. The monoisotopic (exact) mass is 230 g/mol. The molecule has 0 aliphatic heterocycles. The molecule has 1 aromatic carbocycles. The van der Waals surface area contributed by atoms with Crippen molar-refractivity contribution in [2.75, 3.05) is 0 Å². The largest absolute Gasteiger partial charge is 0.485 e. The van der Waals surface area contributed by atoms with E-state index in [0.29, 0.717) is 23.0 Å². The second kappa shape index (κ2) is 5.09. The van der Waals surface area contributed by atoms with E-state index in [1.54, 1.807) is 24.3 Å². The van der Waals surface area contributed by atoms with Gasteiger partial charge in [0.05, 0.1) is 18.2 Å². The van der Waals surface area contributed by atoms with Gasteiger partial charge < -0.3 is 15.0 Å². The van der Waals surface area contributed by atoms with Crippen LogP contribution in [0.4, 0.5) is 0 Å². The van der Waals surface area contributed by atoms with Crippen molar-refractivity contribution in [2.45, 2.75) is 13.2 Å². The average Bonchev–Trinajstić information content (AvgIpc) is 2.84. The van der Waals surface area contributed by atoms with Gasteiger partial charge in [-0.3, -0.25) is 0 Å². The van der Waals surface area contributed by atoms with Crippen molar-refractivity contribution in [3.63, 3.8) is 0 Å². The maximum absolute atomic E-state index is 8.72. The number of rotatable bonds is 4. The van der Waals surface area contributed by atoms with Crippen LogP contribution < -0.4 is 10.5 Å². The third-order valence-corrected chi connectivity index (χ3v) is 2.02. The van der Waals surface area contributed by atoms with E-state index in [2.05, 4.69) is 10.1 Å². The van der Waals surface area contributed by atoms with Crippen LogP contribution >= 0.6 is 0 Å². The molecular weight excluding hydrogens is 220 g/mol. The maximum atomic E-state index is 8.72. The van der Waals surface area contributed by atoms with Gasteiger partial charge in [0.1, 0.15) is 5.75 Å². The molecule has 0 radical (unpaired) electrons. The predicted molar refractivity (Wildman–Crippen MR) is 57.7 cm³/mol. The van der Waals surface area contributed by atoms with Crippen LogP contribution in [0.1, 0.15) is 17.3 Å². The van der Waals surface area contributed by atoms with Crippen molar-refractivity contribution in [2.24, 2.45) is 5.73 Å². The average molecular weight is 230 g/mol. The molecule has 0 fully saturated rings. The second-order valence-electron chi connectivity index (χ2n) is 3.24. The Morgan fingerprint density at radius 3 is 3.06 bits per heavy atom. The van der Waals surface area contributed by atoms with Crippen LogP contribution in [-0.2, 0) is 13.2 Å². The molecule has 2 N–H and O–H groups in total. The third kappa shape index (κ3) is 2.80. The van der Waals surface area contributed by atoms with Crippen LogP contribution in [0, 0.1) is 11.3 Å². The molecule has 0 spiro atoms. The Bertz CT molecular complexity index is 544. The Morgan fingerprint density at radius 2 is 2.35 bits per heavy atom. The maximum Gasteiger partial charge on any atom is 0.240 e. The summed E-state index contributed by atoms with van der Waals surface area (Å²) in [6.07, 6.45) is 0. The second-order valence-corrected chi connectivity index (χ2v) is 3.24. The lowest BCUT2D eigenvalue weighted by molar-refractivity contribution is 0.285. The van der Waals surface area contributed by atoms with Crippen molar-refractivity contribution in [3.05, 3.63) is 41.5 Å². The first-order valence-corrected chi connectivity index (χ1v) is 4.96. The zero-order valence-electron chi connectivity index (χ0n) is 8.96. The highest BCUT2D eigenvalue weighted by Gasteiger charge is 2.05. The Hall–Kier alpha value is -2.39. The minimum atomic E-state index is 0.179. The summed E-state index contributed by atoms with van der Waals surface area (Å²) in [6.45, 7) is 0.384. The quantitative estimate of drug-likeness (QED) is 0.840. The molecule has 2 aromatic rings. The summed E-state index contributed by atoms with van der Waals surface area (Å²) in [5, 5.41) is 12.4. The predicted octanol–water partition coefficient (Wildman–Crippen LogP) is 0.979. The molecule has 6 nitrogen and oxygen atoms in total. The highest BCUT2D eigenvalue weighted by atomic mass is 16.5. The van der Waals surface area contributed by atoms with Crippen LogP contribution in [-0.4, -0.2) is 10.1 Å². The normalized spacial score (nSPS) is 9.88. The highest BCUT2D eigenvalue weighted by molar-refractivity contribution is 5.36. The summed E-state index contributed by atoms with van der Waals surface area (Å²) < 4.78 is 10.2. The summed E-state index contributed by atoms with van der Waals surface area (Å²) >= 11 is 0. The van der Waals surface area contributed by atoms with Gasteiger partial charge in [-0.2, -0.15) is 10.2 Å². The van der Waals surface area contributed by atoms with Crippen molar-refractivity contribution >= 4 is 0 Å². The lowest BCUT2D eigenvalue weighted by atomic mass is 10.2. The minimum Gasteiger partial charge on any atom is -0.485 e. The van der Waals surface area contributed by atoms with E-state index in [1.807, 2.05) is 6.07 Å².